The van der Waals surface area contributed by atoms with E-state index < -0.39 is 0 Å². The van der Waals surface area contributed by atoms with Gasteiger partial charge in [-0.05, 0) is 69.5 Å². The van der Waals surface area contributed by atoms with Crippen LogP contribution in [0.4, 0.5) is 5.13 Å². The maximum absolute atomic E-state index is 13.1. The first-order valence-electron chi connectivity index (χ1n) is 11.5. The highest BCUT2D eigenvalue weighted by molar-refractivity contribution is 7.22. The lowest BCUT2D eigenvalue weighted by Crippen LogP contribution is -2.35. The summed E-state index contributed by atoms with van der Waals surface area (Å²) in [6.45, 7) is 11.4. The lowest BCUT2D eigenvalue weighted by atomic mass is 10.1. The molecule has 170 valence electrons. The molecule has 1 saturated heterocycles. The number of benzene rings is 2. The smallest absolute Gasteiger partial charge is 0.253 e. The second-order valence-electron chi connectivity index (χ2n) is 8.91. The molecule has 1 fully saturated rings. The summed E-state index contributed by atoms with van der Waals surface area (Å²) in [6.07, 6.45) is 0.926. The molecule has 0 atom stereocenters. The second-order valence-corrected chi connectivity index (χ2v) is 9.89. The predicted octanol–water partition coefficient (Wildman–Crippen LogP) is 5.07. The number of rotatable bonds is 3. The molecule has 0 saturated carbocycles. The first-order chi connectivity index (χ1) is 15.9. The van der Waals surface area contributed by atoms with E-state index in [1.165, 1.54) is 11.1 Å². The molecule has 2 aromatic carbocycles. The molecule has 1 aliphatic heterocycles. The zero-order valence-corrected chi connectivity index (χ0v) is 20.4. The molecule has 0 N–H and O–H groups in total. The minimum Gasteiger partial charge on any atom is -0.346 e. The summed E-state index contributed by atoms with van der Waals surface area (Å²) < 4.78 is 3.06. The van der Waals surface area contributed by atoms with Gasteiger partial charge in [0.1, 0.15) is 0 Å². The van der Waals surface area contributed by atoms with E-state index in [1.807, 2.05) is 34.7 Å². The number of hydrogen-bond donors (Lipinski definition) is 0. The molecule has 1 aliphatic rings. The molecule has 2 aromatic heterocycles. The van der Waals surface area contributed by atoms with E-state index in [1.54, 1.807) is 11.3 Å². The van der Waals surface area contributed by atoms with Crippen molar-refractivity contribution in [3.05, 3.63) is 70.4 Å². The summed E-state index contributed by atoms with van der Waals surface area (Å²) in [5.74, 6) is 0.120. The minimum atomic E-state index is 0.120. The van der Waals surface area contributed by atoms with Gasteiger partial charge in [0.15, 0.2) is 10.8 Å². The zero-order valence-electron chi connectivity index (χ0n) is 19.6. The molecule has 0 spiro atoms. The standard InChI is InChI=1S/C26H29N5OS/c1-17-6-10-22(11-7-17)31-24-23(20(4)28-31)33-26(27-24)30-13-5-12-29(14-15-30)25(32)21-9-8-18(2)19(3)16-21/h6-11,16H,5,12-15H2,1-4H3. The normalized spacial score (nSPS) is 14.7. The van der Waals surface area contributed by atoms with E-state index in [0.717, 1.165) is 64.0 Å². The van der Waals surface area contributed by atoms with E-state index in [0.29, 0.717) is 6.54 Å². The number of carbonyl (C=O) groups is 1. The van der Waals surface area contributed by atoms with Gasteiger partial charge in [0.05, 0.1) is 16.1 Å². The number of aryl methyl sites for hydroxylation is 4. The van der Waals surface area contributed by atoms with E-state index in [-0.39, 0.29) is 5.91 Å². The van der Waals surface area contributed by atoms with Gasteiger partial charge in [0.2, 0.25) is 0 Å². The van der Waals surface area contributed by atoms with Gasteiger partial charge in [-0.2, -0.15) is 10.1 Å². The van der Waals surface area contributed by atoms with Crippen molar-refractivity contribution in [3.8, 4) is 5.69 Å². The van der Waals surface area contributed by atoms with Gasteiger partial charge < -0.3 is 9.80 Å². The second kappa shape index (κ2) is 8.63. The highest BCUT2D eigenvalue weighted by Gasteiger charge is 2.24. The Hall–Kier alpha value is -3.19. The Bertz CT molecular complexity index is 1320. The van der Waals surface area contributed by atoms with Crippen LogP contribution in [0, 0.1) is 27.7 Å². The molecule has 0 unspecified atom stereocenters. The van der Waals surface area contributed by atoms with Gasteiger partial charge in [-0.15, -0.1) is 0 Å². The average molecular weight is 460 g/mol. The molecule has 0 bridgehead atoms. The van der Waals surface area contributed by atoms with Crippen LogP contribution >= 0.6 is 11.3 Å². The highest BCUT2D eigenvalue weighted by atomic mass is 32.1. The molecule has 0 aliphatic carbocycles. The van der Waals surface area contributed by atoms with Gasteiger partial charge in [-0.3, -0.25) is 4.79 Å². The summed E-state index contributed by atoms with van der Waals surface area (Å²) in [5, 5.41) is 5.74. The van der Waals surface area contributed by atoms with Crippen LogP contribution < -0.4 is 4.90 Å². The summed E-state index contributed by atoms with van der Waals surface area (Å²) in [7, 11) is 0. The molecular weight excluding hydrogens is 430 g/mol. The van der Waals surface area contributed by atoms with Gasteiger partial charge in [-0.1, -0.05) is 35.1 Å². The van der Waals surface area contributed by atoms with Crippen LogP contribution in [-0.2, 0) is 0 Å². The molecular formula is C26H29N5OS. The molecule has 4 aromatic rings. The number of nitrogens with zero attached hydrogens (tertiary/aromatic N) is 5. The summed E-state index contributed by atoms with van der Waals surface area (Å²) >= 11 is 1.70. The van der Waals surface area contributed by atoms with E-state index in [2.05, 4.69) is 49.9 Å². The number of thiazole rings is 1. The maximum atomic E-state index is 13.1. The Morgan fingerprint density at radius 2 is 1.70 bits per heavy atom. The third-order valence-electron chi connectivity index (χ3n) is 6.46. The molecule has 1 amide bonds. The number of amides is 1. The number of fused-ring (bicyclic) bond motifs is 1. The maximum Gasteiger partial charge on any atom is 0.253 e. The lowest BCUT2D eigenvalue weighted by Gasteiger charge is -2.22. The summed E-state index contributed by atoms with van der Waals surface area (Å²) in [6, 6.07) is 14.4. The van der Waals surface area contributed by atoms with E-state index in [9.17, 15) is 4.79 Å². The summed E-state index contributed by atoms with van der Waals surface area (Å²) in [4.78, 5) is 22.4. The number of hydrogen-bond acceptors (Lipinski definition) is 5. The minimum absolute atomic E-state index is 0.120. The Labute approximate surface area is 198 Å². The fraction of sp³-hybridized carbons (Fsp3) is 0.346. The van der Waals surface area contributed by atoms with Gasteiger partial charge >= 0.3 is 0 Å². The van der Waals surface area contributed by atoms with E-state index in [4.69, 9.17) is 10.1 Å². The van der Waals surface area contributed by atoms with Gasteiger partial charge in [0, 0.05) is 31.7 Å². The van der Waals surface area contributed by atoms with Crippen LogP contribution in [0.25, 0.3) is 16.0 Å². The SMILES string of the molecule is Cc1ccc(-n2nc(C)c3sc(N4CCCN(C(=O)c5ccc(C)c(C)c5)CC4)nc32)cc1. The highest BCUT2D eigenvalue weighted by Crippen LogP contribution is 2.33. The third kappa shape index (κ3) is 4.13. The Balaban J connectivity index is 1.36. The first-order valence-corrected chi connectivity index (χ1v) is 12.3. The topological polar surface area (TPSA) is 54.3 Å². The zero-order chi connectivity index (χ0) is 23.1. The fourth-order valence-electron chi connectivity index (χ4n) is 4.29. The molecule has 5 rings (SSSR count). The Morgan fingerprint density at radius 1 is 0.909 bits per heavy atom. The van der Waals surface area contributed by atoms with Crippen LogP contribution in [0.1, 0.15) is 39.2 Å². The van der Waals surface area contributed by atoms with Crippen LogP contribution in [0.5, 0.6) is 0 Å². The number of anilines is 1. The average Bonchev–Trinajstić information content (AvgIpc) is 3.27. The van der Waals surface area contributed by atoms with Crippen molar-refractivity contribution in [3.63, 3.8) is 0 Å². The molecule has 0 radical (unpaired) electrons. The predicted molar refractivity (Wildman–Crippen MR) is 135 cm³/mol. The van der Waals surface area contributed by atoms with Crippen molar-refractivity contribution >= 4 is 32.7 Å². The molecule has 6 nitrogen and oxygen atoms in total. The number of carbonyl (C=O) groups excluding carboxylic acids is 1. The molecule has 3 heterocycles. The molecule has 7 heteroatoms. The van der Waals surface area contributed by atoms with Crippen molar-refractivity contribution in [2.75, 3.05) is 31.1 Å². The third-order valence-corrected chi connectivity index (χ3v) is 7.68. The van der Waals surface area contributed by atoms with Crippen LogP contribution in [0.15, 0.2) is 42.5 Å². The molecule has 33 heavy (non-hydrogen) atoms. The largest absolute Gasteiger partial charge is 0.346 e. The Kier molecular flexibility index (Phi) is 5.66. The lowest BCUT2D eigenvalue weighted by molar-refractivity contribution is 0.0767. The van der Waals surface area contributed by atoms with Crippen LogP contribution in [0.2, 0.25) is 0 Å². The van der Waals surface area contributed by atoms with Crippen molar-refractivity contribution in [2.45, 2.75) is 34.1 Å². The fourth-order valence-corrected chi connectivity index (χ4v) is 5.33. The first kappa shape index (κ1) is 21.6. The van der Waals surface area contributed by atoms with Crippen molar-refractivity contribution in [1.82, 2.24) is 19.7 Å². The monoisotopic (exact) mass is 459 g/mol. The quantitative estimate of drug-likeness (QED) is 0.429. The number of aromatic nitrogens is 3. The Morgan fingerprint density at radius 3 is 2.45 bits per heavy atom. The van der Waals surface area contributed by atoms with Crippen LogP contribution in [0.3, 0.4) is 0 Å². The van der Waals surface area contributed by atoms with Crippen molar-refractivity contribution in [2.24, 2.45) is 0 Å². The van der Waals surface area contributed by atoms with E-state index >= 15 is 0 Å². The van der Waals surface area contributed by atoms with Gasteiger partial charge in [-0.25, -0.2) is 4.68 Å². The van der Waals surface area contributed by atoms with Gasteiger partial charge in [0.25, 0.3) is 5.91 Å². The van der Waals surface area contributed by atoms with Crippen molar-refractivity contribution in [1.29, 1.82) is 0 Å². The van der Waals surface area contributed by atoms with Crippen LogP contribution in [-0.4, -0.2) is 51.8 Å². The summed E-state index contributed by atoms with van der Waals surface area (Å²) in [5.41, 5.74) is 7.30. The van der Waals surface area contributed by atoms with Crippen molar-refractivity contribution < 1.29 is 4.79 Å².